The van der Waals surface area contributed by atoms with E-state index in [1.807, 2.05) is 101 Å². The summed E-state index contributed by atoms with van der Waals surface area (Å²) in [6.07, 6.45) is 4.61. The second-order valence-corrected chi connectivity index (χ2v) is 15.7. The molecule has 52 heavy (non-hydrogen) atoms. The number of allylic oxidation sites excluding steroid dienone is 2. The molecule has 0 spiro atoms. The van der Waals surface area contributed by atoms with Crippen LogP contribution in [0, 0.1) is 0 Å². The lowest BCUT2D eigenvalue weighted by atomic mass is 10.1. The summed E-state index contributed by atoms with van der Waals surface area (Å²) in [6, 6.07) is 23.6. The molecular weight excluding hydrogens is 703 g/mol. The second kappa shape index (κ2) is 17.0. The smallest absolute Gasteiger partial charge is 0.374 e. The molecule has 0 bridgehead atoms. The Hall–Kier alpha value is -4.27. The second-order valence-electron chi connectivity index (χ2n) is 12.6. The van der Waals surface area contributed by atoms with E-state index in [-0.39, 0.29) is 31.7 Å². The average molecular weight is 750 g/mol. The topological polar surface area (TPSA) is 144 Å². The number of ether oxygens (including phenoxy) is 1. The highest BCUT2D eigenvalue weighted by Gasteiger charge is 2.28. The number of aryl methyl sites for hydroxylation is 1. The third kappa shape index (κ3) is 9.98. The number of anilines is 1. The molecule has 2 heterocycles. The summed E-state index contributed by atoms with van der Waals surface area (Å²) in [5, 5.41) is 3.99. The van der Waals surface area contributed by atoms with Crippen LogP contribution in [-0.2, 0) is 26.8 Å². The largest absolute Gasteiger partial charge is 0.748 e. The average Bonchev–Trinajstić information content (AvgIpc) is 3.61. The van der Waals surface area contributed by atoms with Crippen molar-refractivity contribution in [1.82, 2.24) is 4.90 Å². The molecular formula is C39H47N3O8S2. The van der Waals surface area contributed by atoms with Gasteiger partial charge in [0.1, 0.15) is 0 Å². The molecule has 0 saturated heterocycles. The van der Waals surface area contributed by atoms with Gasteiger partial charge >= 0.3 is 5.89 Å². The van der Waals surface area contributed by atoms with E-state index >= 15 is 0 Å². The number of fused-ring (bicyclic) bond motifs is 4. The number of hydrogen-bond acceptors (Lipinski definition) is 9. The Morgan fingerprint density at radius 2 is 1.44 bits per heavy atom. The third-order valence-corrected chi connectivity index (χ3v) is 10.7. The number of oxazole rings is 1. The molecule has 0 amide bonds. The quantitative estimate of drug-likeness (QED) is 0.0921. The van der Waals surface area contributed by atoms with E-state index in [0.29, 0.717) is 29.5 Å². The van der Waals surface area contributed by atoms with Gasteiger partial charge in [-0.15, -0.1) is 0 Å². The molecule has 4 aromatic carbocycles. The molecule has 0 aliphatic carbocycles. The van der Waals surface area contributed by atoms with Crippen LogP contribution in [0.25, 0.3) is 38.7 Å². The maximum Gasteiger partial charge on any atom is 0.374 e. The van der Waals surface area contributed by atoms with E-state index in [0.717, 1.165) is 38.3 Å². The van der Waals surface area contributed by atoms with Crippen molar-refractivity contribution < 1.29 is 39.7 Å². The fourth-order valence-electron chi connectivity index (χ4n) is 6.29. The van der Waals surface area contributed by atoms with E-state index in [9.17, 15) is 25.9 Å². The first-order valence-corrected chi connectivity index (χ1v) is 20.9. The first kappa shape index (κ1) is 38.9. The normalized spacial score (nSPS) is 14.3. The number of benzene rings is 4. The van der Waals surface area contributed by atoms with Gasteiger partial charge in [-0.25, -0.2) is 8.42 Å². The van der Waals surface area contributed by atoms with Gasteiger partial charge in [-0.3, -0.25) is 4.55 Å². The van der Waals surface area contributed by atoms with E-state index in [1.165, 1.54) is 19.6 Å². The van der Waals surface area contributed by atoms with Crippen LogP contribution in [-0.4, -0.2) is 68.5 Å². The van der Waals surface area contributed by atoms with Gasteiger partial charge in [0.2, 0.25) is 11.5 Å². The van der Waals surface area contributed by atoms with Crippen molar-refractivity contribution in [2.24, 2.45) is 0 Å². The summed E-state index contributed by atoms with van der Waals surface area (Å²) >= 11 is 0. The van der Waals surface area contributed by atoms with E-state index in [4.69, 9.17) is 9.15 Å². The molecule has 1 aliphatic rings. The standard InChI is InChI=1S/C33H32N2O8S2.C6H15N/c1-2-23(17-32-34(13-7-15-44(36,37)38)28-19-24-9-3-5-11-26(24)21-30(28)42-32)18-33-35(14-8-16-45(39,40)41)29-20-25-10-4-6-12-27(25)22-31(29)43-33;1-4-7(5-2)6-3/h3-6,9-12,17-22H,2,7-8,13-16H2,1H3,(H-,36,37,38,39,40,41);4-6H2,1-3H3. The van der Waals surface area contributed by atoms with E-state index < -0.39 is 26.0 Å². The zero-order valence-corrected chi connectivity index (χ0v) is 31.8. The minimum Gasteiger partial charge on any atom is -0.748 e. The van der Waals surface area contributed by atoms with Crippen molar-refractivity contribution in [2.75, 3.05) is 42.6 Å². The molecule has 1 aliphatic heterocycles. The minimum absolute atomic E-state index is 0.120. The Labute approximate surface area is 306 Å². The first-order valence-electron chi connectivity index (χ1n) is 17.7. The predicted octanol–water partition coefficient (Wildman–Crippen LogP) is 7.12. The SMILES string of the molecule is CCC(/C=C1\Oc2cc3ccccc3cc2N1CCCS(=O)(=O)O)=C\c1oc2cc3ccccc3cc2[n+]1CCCS(=O)(=O)[O-].CCN(CC)CC. The molecule has 278 valence electrons. The van der Waals surface area contributed by atoms with Crippen LogP contribution >= 0.6 is 0 Å². The van der Waals surface area contributed by atoms with E-state index in [1.54, 1.807) is 0 Å². The van der Waals surface area contributed by atoms with Gasteiger partial charge in [-0.05, 0) is 77.8 Å². The van der Waals surface area contributed by atoms with Crippen molar-refractivity contribution in [3.05, 3.63) is 96.2 Å². The molecule has 1 aromatic heterocycles. The molecule has 5 aromatic rings. The maximum absolute atomic E-state index is 11.5. The van der Waals surface area contributed by atoms with Crippen molar-refractivity contribution >= 4 is 64.6 Å². The van der Waals surface area contributed by atoms with Gasteiger partial charge in [-0.1, -0.05) is 76.2 Å². The first-order chi connectivity index (χ1) is 24.8. The lowest BCUT2D eigenvalue weighted by Gasteiger charge is -2.18. The molecule has 1 N–H and O–H groups in total. The van der Waals surface area contributed by atoms with Crippen LogP contribution in [0.2, 0.25) is 0 Å². The lowest BCUT2D eigenvalue weighted by molar-refractivity contribution is -0.677. The maximum atomic E-state index is 11.5. The Bertz CT molecular complexity index is 2310. The highest BCUT2D eigenvalue weighted by Crippen LogP contribution is 2.42. The molecule has 0 fully saturated rings. The summed E-state index contributed by atoms with van der Waals surface area (Å²) in [7, 11) is -8.51. The Balaban J connectivity index is 0.000000679. The molecule has 0 atom stereocenters. The number of rotatable bonds is 14. The zero-order chi connectivity index (χ0) is 37.5. The van der Waals surface area contributed by atoms with Gasteiger partial charge in [-0.2, -0.15) is 13.0 Å². The highest BCUT2D eigenvalue weighted by molar-refractivity contribution is 7.85. The van der Waals surface area contributed by atoms with Crippen molar-refractivity contribution in [3.8, 4) is 5.75 Å². The highest BCUT2D eigenvalue weighted by atomic mass is 32.2. The summed E-state index contributed by atoms with van der Waals surface area (Å²) in [6.45, 7) is 12.6. The van der Waals surface area contributed by atoms with Crippen LogP contribution in [0.5, 0.6) is 5.75 Å². The molecule has 0 unspecified atom stereocenters. The van der Waals surface area contributed by atoms with Crippen LogP contribution in [0.4, 0.5) is 5.69 Å². The van der Waals surface area contributed by atoms with Crippen LogP contribution < -0.4 is 14.2 Å². The third-order valence-electron chi connectivity index (χ3n) is 9.12. The molecule has 0 radical (unpaired) electrons. The molecule has 0 saturated carbocycles. The Morgan fingerprint density at radius 3 is 2.00 bits per heavy atom. The van der Waals surface area contributed by atoms with Gasteiger partial charge in [0, 0.05) is 30.9 Å². The van der Waals surface area contributed by atoms with Gasteiger partial charge in [0.05, 0.1) is 27.6 Å². The number of nitrogens with zero attached hydrogens (tertiary/aromatic N) is 3. The lowest BCUT2D eigenvalue weighted by Crippen LogP contribution is -2.36. The zero-order valence-electron chi connectivity index (χ0n) is 30.1. The van der Waals surface area contributed by atoms with Crippen LogP contribution in [0.1, 0.15) is 52.8 Å². The summed E-state index contributed by atoms with van der Waals surface area (Å²) in [5.74, 6) is 0.730. The minimum atomic E-state index is -4.38. The van der Waals surface area contributed by atoms with Crippen LogP contribution in [0.15, 0.2) is 94.7 Å². The Morgan fingerprint density at radius 1 is 0.846 bits per heavy atom. The molecule has 11 nitrogen and oxygen atoms in total. The predicted molar refractivity (Wildman–Crippen MR) is 206 cm³/mol. The summed E-state index contributed by atoms with van der Waals surface area (Å²) in [5.41, 5.74) is 3.01. The molecule has 13 heteroatoms. The van der Waals surface area contributed by atoms with Gasteiger partial charge < -0.3 is 23.5 Å². The van der Waals surface area contributed by atoms with Crippen molar-refractivity contribution in [2.45, 2.75) is 53.5 Å². The number of aromatic nitrogens is 1. The fourth-order valence-corrected chi connectivity index (χ4v) is 7.26. The van der Waals surface area contributed by atoms with Gasteiger partial charge in [0.25, 0.3) is 15.6 Å². The molecule has 6 rings (SSSR count). The Kier molecular flexibility index (Phi) is 12.8. The number of hydrogen-bond donors (Lipinski definition) is 1. The van der Waals surface area contributed by atoms with Crippen LogP contribution in [0.3, 0.4) is 0 Å². The van der Waals surface area contributed by atoms with Crippen molar-refractivity contribution in [1.29, 1.82) is 0 Å². The van der Waals surface area contributed by atoms with Gasteiger partial charge in [0.15, 0.2) is 12.3 Å². The monoisotopic (exact) mass is 749 g/mol. The summed E-state index contributed by atoms with van der Waals surface area (Å²) < 4.78 is 80.8. The van der Waals surface area contributed by atoms with Crippen molar-refractivity contribution in [3.63, 3.8) is 0 Å². The van der Waals surface area contributed by atoms with E-state index in [2.05, 4.69) is 25.7 Å². The summed E-state index contributed by atoms with van der Waals surface area (Å²) in [4.78, 5) is 4.27. The fraction of sp³-hybridized carbons (Fsp3) is 0.359.